The second-order valence-corrected chi connectivity index (χ2v) is 9.71. The van der Waals surface area contributed by atoms with Crippen LogP contribution in [0.15, 0.2) is 76.2 Å². The fraction of sp³-hybridized carbons (Fsp3) is 0.185. The first-order valence-corrected chi connectivity index (χ1v) is 12.1. The third kappa shape index (κ3) is 5.84. The summed E-state index contributed by atoms with van der Waals surface area (Å²) in [6.45, 7) is 5.29. The topological polar surface area (TPSA) is 80.6 Å². The molecule has 6 nitrogen and oxygen atoms in total. The Hall–Kier alpha value is -3.78. The molecule has 0 fully saturated rings. The first kappa shape index (κ1) is 24.3. The fourth-order valence-corrected chi connectivity index (χ4v) is 4.02. The van der Waals surface area contributed by atoms with Crippen molar-refractivity contribution in [3.05, 3.63) is 78.3 Å². The number of nitrogens with one attached hydrogen (secondary N) is 2. The summed E-state index contributed by atoms with van der Waals surface area (Å²) >= 11 is 1.56. The molecule has 180 valence electrons. The molecule has 1 aromatic heterocycles. The molecule has 4 aromatic rings. The maximum Gasteiger partial charge on any atom is 0.412 e. The first-order chi connectivity index (χ1) is 16.6. The predicted octanol–water partition coefficient (Wildman–Crippen LogP) is 7.56. The summed E-state index contributed by atoms with van der Waals surface area (Å²) in [5.74, 6) is -0.721. The van der Waals surface area contributed by atoms with Crippen molar-refractivity contribution in [2.75, 3.05) is 16.9 Å². The number of hydrogen-bond donors (Lipinski definition) is 2. The molecule has 0 radical (unpaired) electrons. The Morgan fingerprint density at radius 1 is 0.914 bits per heavy atom. The number of furan rings is 1. The Balaban J connectivity index is 1.66. The van der Waals surface area contributed by atoms with Gasteiger partial charge >= 0.3 is 6.09 Å². The van der Waals surface area contributed by atoms with E-state index in [1.54, 1.807) is 81.3 Å². The van der Waals surface area contributed by atoms with Gasteiger partial charge in [-0.1, -0.05) is 18.2 Å². The molecule has 35 heavy (non-hydrogen) atoms. The predicted molar refractivity (Wildman–Crippen MR) is 138 cm³/mol. The van der Waals surface area contributed by atoms with Gasteiger partial charge in [0.25, 0.3) is 5.91 Å². The van der Waals surface area contributed by atoms with E-state index in [2.05, 4.69) is 10.6 Å². The van der Waals surface area contributed by atoms with Gasteiger partial charge in [0.1, 0.15) is 23.3 Å². The van der Waals surface area contributed by atoms with Crippen LogP contribution >= 0.6 is 11.8 Å². The normalized spacial score (nSPS) is 11.3. The Bertz CT molecular complexity index is 1390. The number of carbonyl (C=O) groups is 2. The van der Waals surface area contributed by atoms with Crippen molar-refractivity contribution in [1.29, 1.82) is 0 Å². The van der Waals surface area contributed by atoms with E-state index in [1.807, 2.05) is 12.3 Å². The third-order valence-corrected chi connectivity index (χ3v) is 5.86. The zero-order chi connectivity index (χ0) is 25.2. The van der Waals surface area contributed by atoms with E-state index in [1.165, 1.54) is 12.1 Å². The maximum absolute atomic E-state index is 13.4. The summed E-state index contributed by atoms with van der Waals surface area (Å²) < 4.78 is 24.3. The Morgan fingerprint density at radius 2 is 1.63 bits per heavy atom. The van der Waals surface area contributed by atoms with E-state index < -0.39 is 11.7 Å². The number of amides is 2. The lowest BCUT2D eigenvalue weighted by molar-refractivity contribution is 0.0635. The molecule has 2 N–H and O–H groups in total. The lowest BCUT2D eigenvalue weighted by Gasteiger charge is -2.21. The number of thioether (sulfide) groups is 1. The van der Waals surface area contributed by atoms with Crippen LogP contribution < -0.4 is 10.6 Å². The Morgan fingerprint density at radius 3 is 2.31 bits per heavy atom. The Labute approximate surface area is 206 Å². The monoisotopic (exact) mass is 492 g/mol. The van der Waals surface area contributed by atoms with Gasteiger partial charge < -0.3 is 14.5 Å². The minimum absolute atomic E-state index is 0.344. The number of halogens is 1. The van der Waals surface area contributed by atoms with Crippen molar-refractivity contribution in [1.82, 2.24) is 0 Å². The van der Waals surface area contributed by atoms with Crippen molar-refractivity contribution < 1.29 is 23.1 Å². The largest absolute Gasteiger partial charge is 0.463 e. The van der Waals surface area contributed by atoms with Crippen molar-refractivity contribution >= 4 is 46.1 Å². The van der Waals surface area contributed by atoms with Crippen LogP contribution in [0.3, 0.4) is 0 Å². The summed E-state index contributed by atoms with van der Waals surface area (Å²) in [6, 6.07) is 16.4. The van der Waals surface area contributed by atoms with Gasteiger partial charge in [-0.2, -0.15) is 0 Å². The molecular weight excluding hydrogens is 467 g/mol. The van der Waals surface area contributed by atoms with Gasteiger partial charge in [-0.25, -0.2) is 9.18 Å². The van der Waals surface area contributed by atoms with Crippen molar-refractivity contribution in [3.63, 3.8) is 0 Å². The van der Waals surface area contributed by atoms with Gasteiger partial charge in [-0.05, 0) is 80.6 Å². The summed E-state index contributed by atoms with van der Waals surface area (Å²) in [5, 5.41) is 6.50. The van der Waals surface area contributed by atoms with Crippen LogP contribution in [0.2, 0.25) is 0 Å². The number of fused-ring (bicyclic) bond motifs is 1. The van der Waals surface area contributed by atoms with E-state index in [4.69, 9.17) is 9.15 Å². The van der Waals surface area contributed by atoms with Gasteiger partial charge in [0.2, 0.25) is 0 Å². The van der Waals surface area contributed by atoms with Crippen molar-refractivity contribution in [2.24, 2.45) is 0 Å². The van der Waals surface area contributed by atoms with E-state index in [0.29, 0.717) is 22.5 Å². The number of rotatable bonds is 5. The van der Waals surface area contributed by atoms with Crippen molar-refractivity contribution in [3.8, 4) is 11.1 Å². The number of hydrogen-bond acceptors (Lipinski definition) is 5. The average molecular weight is 493 g/mol. The maximum atomic E-state index is 13.4. The molecule has 0 atom stereocenters. The van der Waals surface area contributed by atoms with E-state index in [0.717, 1.165) is 21.4 Å². The van der Waals surface area contributed by atoms with E-state index in [9.17, 15) is 14.0 Å². The number of anilines is 2. The SMILES string of the molecule is CSc1coc2cc(C(=O)Nc3cc(-c4ccc(F)cc4)ccc3NC(=O)OC(C)(C)C)ccc12. The molecule has 3 aromatic carbocycles. The summed E-state index contributed by atoms with van der Waals surface area (Å²) in [6.07, 6.45) is 2.97. The highest BCUT2D eigenvalue weighted by Crippen LogP contribution is 2.32. The standard InChI is InChI=1S/C27H25FN2O4S/c1-27(2,3)34-26(32)30-21-12-8-17(16-5-9-19(28)10-6-16)13-22(21)29-25(31)18-7-11-20-23(14-18)33-15-24(20)35-4/h5-15H,1-4H3,(H,29,31)(H,30,32). The number of benzene rings is 3. The molecule has 1 heterocycles. The number of carbonyl (C=O) groups excluding carboxylic acids is 2. The molecular formula is C27H25FN2O4S. The van der Waals surface area contributed by atoms with E-state index >= 15 is 0 Å². The van der Waals surface area contributed by atoms with Crippen LogP contribution in [0, 0.1) is 5.82 Å². The minimum atomic E-state index is -0.685. The zero-order valence-electron chi connectivity index (χ0n) is 19.8. The highest BCUT2D eigenvalue weighted by atomic mass is 32.2. The Kier molecular flexibility index (Phi) is 6.84. The van der Waals surface area contributed by atoms with E-state index in [-0.39, 0.29) is 11.7 Å². The highest BCUT2D eigenvalue weighted by molar-refractivity contribution is 7.98. The van der Waals surface area contributed by atoms with Crippen LogP contribution in [0.4, 0.5) is 20.6 Å². The summed E-state index contributed by atoms with van der Waals surface area (Å²) in [4.78, 5) is 26.5. The molecule has 0 aliphatic rings. The second kappa shape index (κ2) is 9.84. The smallest absolute Gasteiger partial charge is 0.412 e. The molecule has 0 unspecified atom stereocenters. The third-order valence-electron chi connectivity index (χ3n) is 5.10. The molecule has 0 spiro atoms. The van der Waals surface area contributed by atoms with Crippen LogP contribution in [0.25, 0.3) is 22.1 Å². The van der Waals surface area contributed by atoms with Crippen LogP contribution in [0.1, 0.15) is 31.1 Å². The molecule has 2 amide bonds. The average Bonchev–Trinajstić information content (AvgIpc) is 3.22. The summed E-state index contributed by atoms with van der Waals surface area (Å²) in [7, 11) is 0. The quantitative estimate of drug-likeness (QED) is 0.281. The molecule has 4 rings (SSSR count). The van der Waals surface area contributed by atoms with Crippen LogP contribution in [-0.2, 0) is 4.74 Å². The number of ether oxygens (including phenoxy) is 1. The molecule has 0 saturated heterocycles. The molecule has 8 heteroatoms. The molecule has 0 saturated carbocycles. The van der Waals surface area contributed by atoms with Gasteiger partial charge in [-0.15, -0.1) is 11.8 Å². The van der Waals surface area contributed by atoms with Crippen LogP contribution in [-0.4, -0.2) is 23.9 Å². The van der Waals surface area contributed by atoms with Crippen LogP contribution in [0.5, 0.6) is 0 Å². The second-order valence-electron chi connectivity index (χ2n) is 8.86. The molecule has 0 aliphatic heterocycles. The molecule has 0 bridgehead atoms. The minimum Gasteiger partial charge on any atom is -0.463 e. The van der Waals surface area contributed by atoms with Gasteiger partial charge in [-0.3, -0.25) is 10.1 Å². The van der Waals surface area contributed by atoms with Gasteiger partial charge in [0.05, 0.1) is 16.3 Å². The van der Waals surface area contributed by atoms with Crippen molar-refractivity contribution in [2.45, 2.75) is 31.3 Å². The lowest BCUT2D eigenvalue weighted by atomic mass is 10.0. The lowest BCUT2D eigenvalue weighted by Crippen LogP contribution is -2.27. The fourth-order valence-electron chi connectivity index (χ4n) is 3.49. The van der Waals surface area contributed by atoms with Gasteiger partial charge in [0.15, 0.2) is 0 Å². The zero-order valence-corrected chi connectivity index (χ0v) is 20.6. The highest BCUT2D eigenvalue weighted by Gasteiger charge is 2.19. The summed E-state index contributed by atoms with van der Waals surface area (Å²) in [5.41, 5.74) is 2.54. The molecule has 0 aliphatic carbocycles. The van der Waals surface area contributed by atoms with Gasteiger partial charge in [0, 0.05) is 10.9 Å². The first-order valence-electron chi connectivity index (χ1n) is 10.9.